The average Bonchev–Trinajstić information content (AvgIpc) is 2.32. The maximum Gasteiger partial charge on any atom is 0.0132 e. The van der Waals surface area contributed by atoms with Crippen LogP contribution in [-0.2, 0) is 0 Å². The van der Waals surface area contributed by atoms with Gasteiger partial charge in [-0.3, -0.25) is 0 Å². The highest BCUT2D eigenvalue weighted by molar-refractivity contribution is 7.99. The van der Waals surface area contributed by atoms with Crippen molar-refractivity contribution in [1.29, 1.82) is 0 Å². The second-order valence-electron chi connectivity index (χ2n) is 5.50. The van der Waals surface area contributed by atoms with Gasteiger partial charge in [-0.1, -0.05) is 36.8 Å². The Labute approximate surface area is 116 Å². The third kappa shape index (κ3) is 3.76. The zero-order valence-corrected chi connectivity index (χ0v) is 12.6. The summed E-state index contributed by atoms with van der Waals surface area (Å²) < 4.78 is 0. The third-order valence-corrected chi connectivity index (χ3v) is 4.92. The molecule has 1 unspecified atom stereocenters. The molecule has 0 spiro atoms. The van der Waals surface area contributed by atoms with Gasteiger partial charge in [-0.15, -0.1) is 0 Å². The molecule has 2 heteroatoms. The molecular weight excluding hydrogens is 238 g/mol. The largest absolute Gasteiger partial charge is 0.311 e. The number of thioether (sulfide) groups is 1. The Hall–Kier alpha value is -0.470. The van der Waals surface area contributed by atoms with E-state index in [4.69, 9.17) is 0 Å². The molecule has 0 heterocycles. The SMILES string of the molecule is CCSCC(C)NC1CC(c2ccc(C)cc2)C1. The Kier molecular flexibility index (Phi) is 5.13. The van der Waals surface area contributed by atoms with E-state index in [2.05, 4.69) is 50.4 Å². The van der Waals surface area contributed by atoms with Crippen LogP contribution in [0.3, 0.4) is 0 Å². The second-order valence-corrected chi connectivity index (χ2v) is 6.82. The number of aryl methyl sites for hydroxylation is 1. The Bertz CT molecular complexity index is 354. The lowest BCUT2D eigenvalue weighted by atomic mass is 9.75. The summed E-state index contributed by atoms with van der Waals surface area (Å²) in [5, 5.41) is 3.74. The smallest absolute Gasteiger partial charge is 0.0132 e. The summed E-state index contributed by atoms with van der Waals surface area (Å²) in [6.07, 6.45) is 2.62. The van der Waals surface area contributed by atoms with Crippen molar-refractivity contribution in [2.75, 3.05) is 11.5 Å². The zero-order valence-electron chi connectivity index (χ0n) is 11.8. The molecule has 0 aromatic heterocycles. The van der Waals surface area contributed by atoms with Crippen LogP contribution in [0.1, 0.15) is 43.7 Å². The molecule has 0 bridgehead atoms. The summed E-state index contributed by atoms with van der Waals surface area (Å²) in [6.45, 7) is 6.69. The number of benzene rings is 1. The van der Waals surface area contributed by atoms with Crippen molar-refractivity contribution in [2.24, 2.45) is 0 Å². The fourth-order valence-corrected chi connectivity index (χ4v) is 3.30. The third-order valence-electron chi connectivity index (χ3n) is 3.78. The number of rotatable bonds is 6. The summed E-state index contributed by atoms with van der Waals surface area (Å²) in [5.74, 6) is 3.25. The van der Waals surface area contributed by atoms with E-state index < -0.39 is 0 Å². The van der Waals surface area contributed by atoms with Crippen molar-refractivity contribution in [3.8, 4) is 0 Å². The van der Waals surface area contributed by atoms with Crippen molar-refractivity contribution in [1.82, 2.24) is 5.32 Å². The van der Waals surface area contributed by atoms with Crippen LogP contribution < -0.4 is 5.32 Å². The highest BCUT2D eigenvalue weighted by Crippen LogP contribution is 2.37. The molecule has 1 aromatic carbocycles. The Morgan fingerprint density at radius 3 is 2.56 bits per heavy atom. The van der Waals surface area contributed by atoms with Gasteiger partial charge in [0.15, 0.2) is 0 Å². The predicted molar refractivity (Wildman–Crippen MR) is 82.5 cm³/mol. The van der Waals surface area contributed by atoms with Crippen LogP contribution in [-0.4, -0.2) is 23.6 Å². The van der Waals surface area contributed by atoms with Crippen molar-refractivity contribution in [3.63, 3.8) is 0 Å². The summed E-state index contributed by atoms with van der Waals surface area (Å²) in [7, 11) is 0. The molecule has 0 radical (unpaired) electrons. The number of hydrogen-bond acceptors (Lipinski definition) is 2. The normalized spacial score (nSPS) is 24.6. The first-order chi connectivity index (χ1) is 8.69. The standard InChI is InChI=1S/C16H25NS/c1-4-18-11-13(3)17-16-9-15(10-16)14-7-5-12(2)6-8-14/h5-8,13,15-17H,4,9-11H2,1-3H3. The summed E-state index contributed by atoms with van der Waals surface area (Å²) in [6, 6.07) is 10.5. The molecule has 1 atom stereocenters. The van der Waals surface area contributed by atoms with Gasteiger partial charge in [0.05, 0.1) is 0 Å². The van der Waals surface area contributed by atoms with Gasteiger partial charge in [0.1, 0.15) is 0 Å². The molecule has 1 nitrogen and oxygen atoms in total. The van der Waals surface area contributed by atoms with Crippen molar-refractivity contribution >= 4 is 11.8 Å². The van der Waals surface area contributed by atoms with E-state index in [1.807, 2.05) is 11.8 Å². The maximum atomic E-state index is 3.74. The lowest BCUT2D eigenvalue weighted by Crippen LogP contribution is -2.45. The fraction of sp³-hybridized carbons (Fsp3) is 0.625. The van der Waals surface area contributed by atoms with Gasteiger partial charge in [-0.2, -0.15) is 11.8 Å². The van der Waals surface area contributed by atoms with E-state index in [0.717, 1.165) is 12.0 Å². The summed E-state index contributed by atoms with van der Waals surface area (Å²) >= 11 is 2.03. The quantitative estimate of drug-likeness (QED) is 0.833. The molecule has 1 N–H and O–H groups in total. The van der Waals surface area contributed by atoms with Crippen LogP contribution in [0.5, 0.6) is 0 Å². The molecule has 0 amide bonds. The minimum Gasteiger partial charge on any atom is -0.311 e. The average molecular weight is 263 g/mol. The lowest BCUT2D eigenvalue weighted by molar-refractivity contribution is 0.276. The molecule has 0 aliphatic heterocycles. The van der Waals surface area contributed by atoms with Gasteiger partial charge in [0.25, 0.3) is 0 Å². The van der Waals surface area contributed by atoms with E-state index in [9.17, 15) is 0 Å². The first-order valence-corrected chi connectivity index (χ1v) is 8.25. The molecule has 1 aromatic rings. The lowest BCUT2D eigenvalue weighted by Gasteiger charge is -2.38. The molecule has 100 valence electrons. The van der Waals surface area contributed by atoms with Crippen LogP contribution in [0, 0.1) is 6.92 Å². The van der Waals surface area contributed by atoms with Crippen molar-refractivity contribution in [3.05, 3.63) is 35.4 Å². The molecule has 0 saturated heterocycles. The number of hydrogen-bond donors (Lipinski definition) is 1. The molecule has 1 aliphatic carbocycles. The van der Waals surface area contributed by atoms with Gasteiger partial charge in [-0.25, -0.2) is 0 Å². The van der Waals surface area contributed by atoms with Crippen molar-refractivity contribution < 1.29 is 0 Å². The highest BCUT2D eigenvalue weighted by Gasteiger charge is 2.30. The van der Waals surface area contributed by atoms with Gasteiger partial charge in [0, 0.05) is 17.8 Å². The first kappa shape index (κ1) is 14.0. The molecule has 1 aliphatic rings. The van der Waals surface area contributed by atoms with Gasteiger partial charge < -0.3 is 5.32 Å². The van der Waals surface area contributed by atoms with Gasteiger partial charge in [0.2, 0.25) is 0 Å². The minimum absolute atomic E-state index is 0.652. The molecular formula is C16H25NS. The van der Waals surface area contributed by atoms with E-state index in [1.165, 1.54) is 35.5 Å². The van der Waals surface area contributed by atoms with E-state index in [0.29, 0.717) is 6.04 Å². The monoisotopic (exact) mass is 263 g/mol. The van der Waals surface area contributed by atoms with Gasteiger partial charge >= 0.3 is 0 Å². The highest BCUT2D eigenvalue weighted by atomic mass is 32.2. The Morgan fingerprint density at radius 2 is 1.94 bits per heavy atom. The molecule has 1 fully saturated rings. The first-order valence-electron chi connectivity index (χ1n) is 7.09. The van der Waals surface area contributed by atoms with Crippen LogP contribution in [0.2, 0.25) is 0 Å². The van der Waals surface area contributed by atoms with Gasteiger partial charge in [-0.05, 0) is 43.9 Å². The fourth-order valence-electron chi connectivity index (χ4n) is 2.61. The van der Waals surface area contributed by atoms with E-state index >= 15 is 0 Å². The van der Waals surface area contributed by atoms with Crippen LogP contribution in [0.4, 0.5) is 0 Å². The second kappa shape index (κ2) is 6.63. The predicted octanol–water partition coefficient (Wildman–Crippen LogP) is 3.97. The zero-order chi connectivity index (χ0) is 13.0. The van der Waals surface area contributed by atoms with Crippen LogP contribution in [0.25, 0.3) is 0 Å². The Balaban J connectivity index is 1.72. The molecule has 1 saturated carbocycles. The number of nitrogens with one attached hydrogen (secondary N) is 1. The molecule has 2 rings (SSSR count). The summed E-state index contributed by atoms with van der Waals surface area (Å²) in [5.41, 5.74) is 2.88. The minimum atomic E-state index is 0.652. The van der Waals surface area contributed by atoms with Crippen LogP contribution in [0.15, 0.2) is 24.3 Å². The summed E-state index contributed by atoms with van der Waals surface area (Å²) in [4.78, 5) is 0. The van der Waals surface area contributed by atoms with Crippen LogP contribution >= 0.6 is 11.8 Å². The Morgan fingerprint density at radius 1 is 1.28 bits per heavy atom. The van der Waals surface area contributed by atoms with E-state index in [1.54, 1.807) is 0 Å². The topological polar surface area (TPSA) is 12.0 Å². The maximum absolute atomic E-state index is 3.74. The molecule has 18 heavy (non-hydrogen) atoms. The van der Waals surface area contributed by atoms with Crippen molar-refractivity contribution in [2.45, 2.75) is 51.6 Å². The van der Waals surface area contributed by atoms with E-state index in [-0.39, 0.29) is 0 Å².